The molecule has 0 aliphatic carbocycles. The lowest BCUT2D eigenvalue weighted by Crippen LogP contribution is -2.35. The highest BCUT2D eigenvalue weighted by Crippen LogP contribution is 2.21. The monoisotopic (exact) mass is 376 g/mol. The fraction of sp³-hybridized carbons (Fsp3) is 0.0625. The molecule has 0 fully saturated rings. The third kappa shape index (κ3) is 5.02. The Hall–Kier alpha value is -3.46. The summed E-state index contributed by atoms with van der Waals surface area (Å²) in [6.07, 6.45) is 1.05. The lowest BCUT2D eigenvalue weighted by Gasteiger charge is -2.05. The summed E-state index contributed by atoms with van der Waals surface area (Å²) in [5, 5.41) is 26.5. The number of hydrogen-bond acceptors (Lipinski definition) is 6. The van der Waals surface area contributed by atoms with Crippen LogP contribution in [0.4, 0.5) is 5.69 Å². The number of phenols is 1. The number of carbonyl (C=O) groups is 2. The molecule has 134 valence electrons. The summed E-state index contributed by atoms with van der Waals surface area (Å²) in [7, 11) is 0. The van der Waals surface area contributed by atoms with Gasteiger partial charge in [0.25, 0.3) is 17.5 Å². The molecule has 3 N–H and O–H groups in total. The predicted molar refractivity (Wildman–Crippen MR) is 94.3 cm³/mol. The Morgan fingerprint density at radius 1 is 1.27 bits per heavy atom. The number of aromatic hydroxyl groups is 1. The minimum Gasteiger partial charge on any atom is -0.507 e. The van der Waals surface area contributed by atoms with Gasteiger partial charge in [-0.3, -0.25) is 19.7 Å². The first-order valence-corrected chi connectivity index (χ1v) is 7.58. The molecule has 0 saturated carbocycles. The molecule has 0 aromatic heterocycles. The van der Waals surface area contributed by atoms with E-state index in [4.69, 9.17) is 11.6 Å². The minimum absolute atomic E-state index is 0.0552. The molecule has 0 aliphatic rings. The maximum atomic E-state index is 11.9. The molecule has 9 nitrogen and oxygen atoms in total. The normalized spacial score (nSPS) is 10.5. The molecule has 0 radical (unpaired) electrons. The first kappa shape index (κ1) is 18.9. The molecule has 0 unspecified atom stereocenters. The van der Waals surface area contributed by atoms with E-state index in [-0.39, 0.29) is 34.1 Å². The van der Waals surface area contributed by atoms with E-state index in [1.54, 1.807) is 18.2 Å². The van der Waals surface area contributed by atoms with Gasteiger partial charge in [0.2, 0.25) is 0 Å². The van der Waals surface area contributed by atoms with Crippen LogP contribution in [0.1, 0.15) is 15.9 Å². The van der Waals surface area contributed by atoms with Crippen molar-refractivity contribution in [3.63, 3.8) is 0 Å². The number of nitrogens with zero attached hydrogens (tertiary/aromatic N) is 2. The van der Waals surface area contributed by atoms with Crippen LogP contribution in [0, 0.1) is 10.1 Å². The molecule has 2 rings (SSSR count). The predicted octanol–water partition coefficient (Wildman–Crippen LogP) is 1.83. The van der Waals surface area contributed by atoms with Crippen molar-refractivity contribution in [2.75, 3.05) is 6.54 Å². The second kappa shape index (κ2) is 8.58. The summed E-state index contributed by atoms with van der Waals surface area (Å²) in [5.74, 6) is -1.39. The van der Waals surface area contributed by atoms with Crippen LogP contribution in [0.15, 0.2) is 47.6 Å². The maximum Gasteiger partial charge on any atom is 0.270 e. The molecular weight excluding hydrogens is 364 g/mol. The number of amides is 2. The molecule has 2 amide bonds. The van der Waals surface area contributed by atoms with Gasteiger partial charge in [-0.1, -0.05) is 23.7 Å². The number of nitro groups is 1. The van der Waals surface area contributed by atoms with Crippen LogP contribution in [-0.4, -0.2) is 34.6 Å². The van der Waals surface area contributed by atoms with E-state index in [0.717, 1.165) is 24.4 Å². The van der Waals surface area contributed by atoms with Crippen molar-refractivity contribution in [1.29, 1.82) is 0 Å². The summed E-state index contributed by atoms with van der Waals surface area (Å²) < 4.78 is 0. The Labute approximate surface area is 152 Å². The molecule has 2 aromatic carbocycles. The van der Waals surface area contributed by atoms with Gasteiger partial charge in [0.05, 0.1) is 28.3 Å². The van der Waals surface area contributed by atoms with Gasteiger partial charge in [0.1, 0.15) is 5.75 Å². The number of hydrogen-bond donors (Lipinski definition) is 3. The van der Waals surface area contributed by atoms with Crippen molar-refractivity contribution >= 4 is 35.3 Å². The fourth-order valence-corrected chi connectivity index (χ4v) is 2.09. The molecule has 2 aromatic rings. The second-order valence-electron chi connectivity index (χ2n) is 4.96. The summed E-state index contributed by atoms with van der Waals surface area (Å²) in [4.78, 5) is 33.6. The SMILES string of the molecule is O=C(CNC(=O)c1ccccc1Cl)N/N=C\c1cc([N+](=O)[O-])ccc1O. The van der Waals surface area contributed by atoms with E-state index >= 15 is 0 Å². The largest absolute Gasteiger partial charge is 0.507 e. The Morgan fingerprint density at radius 3 is 2.69 bits per heavy atom. The number of non-ortho nitro benzene ring substituents is 1. The van der Waals surface area contributed by atoms with Gasteiger partial charge >= 0.3 is 0 Å². The molecule has 26 heavy (non-hydrogen) atoms. The zero-order chi connectivity index (χ0) is 19.1. The third-order valence-corrected chi connectivity index (χ3v) is 3.47. The van der Waals surface area contributed by atoms with Crippen LogP contribution in [0.3, 0.4) is 0 Å². The minimum atomic E-state index is -0.633. The van der Waals surface area contributed by atoms with E-state index in [0.29, 0.717) is 0 Å². The van der Waals surface area contributed by atoms with Crippen molar-refractivity contribution in [1.82, 2.24) is 10.7 Å². The molecule has 0 saturated heterocycles. The van der Waals surface area contributed by atoms with Crippen molar-refractivity contribution < 1.29 is 19.6 Å². The number of nitro benzene ring substituents is 1. The van der Waals surface area contributed by atoms with Crippen molar-refractivity contribution in [3.05, 3.63) is 68.7 Å². The molecule has 0 aliphatic heterocycles. The quantitative estimate of drug-likeness (QED) is 0.401. The molecule has 0 bridgehead atoms. The summed E-state index contributed by atoms with van der Waals surface area (Å²) in [6, 6.07) is 9.75. The summed E-state index contributed by atoms with van der Waals surface area (Å²) in [5.41, 5.74) is 2.18. The smallest absolute Gasteiger partial charge is 0.270 e. The van der Waals surface area contributed by atoms with Crippen molar-refractivity contribution in [2.24, 2.45) is 5.10 Å². The number of carbonyl (C=O) groups excluding carboxylic acids is 2. The maximum absolute atomic E-state index is 11.9. The van der Waals surface area contributed by atoms with Crippen molar-refractivity contribution in [3.8, 4) is 5.75 Å². The highest BCUT2D eigenvalue weighted by molar-refractivity contribution is 6.33. The van der Waals surface area contributed by atoms with Crippen LogP contribution in [0.5, 0.6) is 5.75 Å². The van der Waals surface area contributed by atoms with Crippen molar-refractivity contribution in [2.45, 2.75) is 0 Å². The molecule has 0 spiro atoms. The second-order valence-corrected chi connectivity index (χ2v) is 5.36. The Balaban J connectivity index is 1.90. The van der Waals surface area contributed by atoms with E-state index in [1.807, 2.05) is 0 Å². The van der Waals surface area contributed by atoms with Gasteiger partial charge in [0, 0.05) is 17.7 Å². The summed E-state index contributed by atoms with van der Waals surface area (Å²) >= 11 is 5.88. The van der Waals surface area contributed by atoms with Gasteiger partial charge in [-0.05, 0) is 18.2 Å². The first-order valence-electron chi connectivity index (χ1n) is 7.20. The number of hydrazone groups is 1. The third-order valence-electron chi connectivity index (χ3n) is 3.14. The zero-order valence-electron chi connectivity index (χ0n) is 13.2. The van der Waals surface area contributed by atoms with Crippen LogP contribution in [0.2, 0.25) is 5.02 Å². The standard InChI is InChI=1S/C16H13ClN4O5/c17-13-4-2-1-3-12(13)16(24)18-9-15(23)20-19-8-10-7-11(21(25)26)5-6-14(10)22/h1-8,22H,9H2,(H,18,24)(H,20,23)/b19-8-. The van der Waals surface area contributed by atoms with E-state index in [1.165, 1.54) is 6.07 Å². The van der Waals surface area contributed by atoms with Gasteiger partial charge in [0.15, 0.2) is 0 Å². The lowest BCUT2D eigenvalue weighted by atomic mass is 10.2. The molecular formula is C16H13ClN4O5. The van der Waals surface area contributed by atoms with E-state index in [9.17, 15) is 24.8 Å². The average molecular weight is 377 g/mol. The number of phenolic OH excluding ortho intramolecular Hbond substituents is 1. The Morgan fingerprint density at radius 2 is 2.00 bits per heavy atom. The highest BCUT2D eigenvalue weighted by Gasteiger charge is 2.11. The van der Waals surface area contributed by atoms with Gasteiger partial charge in [-0.2, -0.15) is 5.10 Å². The number of rotatable bonds is 6. The Bertz CT molecular complexity index is 885. The lowest BCUT2D eigenvalue weighted by molar-refractivity contribution is -0.384. The summed E-state index contributed by atoms with van der Waals surface area (Å²) in [6.45, 7) is -0.359. The van der Waals surface area contributed by atoms with Gasteiger partial charge in [-0.25, -0.2) is 5.43 Å². The van der Waals surface area contributed by atoms with Crippen LogP contribution in [0.25, 0.3) is 0 Å². The van der Waals surface area contributed by atoms with Crippen LogP contribution >= 0.6 is 11.6 Å². The molecule has 0 heterocycles. The zero-order valence-corrected chi connectivity index (χ0v) is 13.9. The van der Waals surface area contributed by atoms with Crippen LogP contribution < -0.4 is 10.7 Å². The van der Waals surface area contributed by atoms with Gasteiger partial charge < -0.3 is 10.4 Å². The van der Waals surface area contributed by atoms with Gasteiger partial charge in [-0.15, -0.1) is 0 Å². The Kier molecular flexibility index (Phi) is 6.23. The topological polar surface area (TPSA) is 134 Å². The highest BCUT2D eigenvalue weighted by atomic mass is 35.5. The molecule has 10 heteroatoms. The fourth-order valence-electron chi connectivity index (χ4n) is 1.87. The average Bonchev–Trinajstić information content (AvgIpc) is 2.61. The van der Waals surface area contributed by atoms with E-state index in [2.05, 4.69) is 15.8 Å². The van der Waals surface area contributed by atoms with Crippen LogP contribution in [-0.2, 0) is 4.79 Å². The number of nitrogens with one attached hydrogen (secondary N) is 2. The molecule has 0 atom stereocenters. The number of halogens is 1. The van der Waals surface area contributed by atoms with E-state index < -0.39 is 16.7 Å². The first-order chi connectivity index (χ1) is 12.4. The number of benzene rings is 2.